The van der Waals surface area contributed by atoms with Gasteiger partial charge in [-0.25, -0.2) is 0 Å². The molecule has 1 saturated heterocycles. The van der Waals surface area contributed by atoms with Crippen LogP contribution in [0.15, 0.2) is 18.2 Å². The standard InChI is InChI=1S/C16H25NO/c1-12-6-7-16(13(2)9-12)14(3)17-10-15-5-4-8-18-11-15/h6-7,9,14-15,17H,4-5,8,10-11H2,1-3H3. The van der Waals surface area contributed by atoms with Crippen LogP contribution in [0.4, 0.5) is 0 Å². The number of aryl methyl sites for hydroxylation is 2. The van der Waals surface area contributed by atoms with E-state index in [9.17, 15) is 0 Å². The fraction of sp³-hybridized carbons (Fsp3) is 0.625. The van der Waals surface area contributed by atoms with Gasteiger partial charge in [0.2, 0.25) is 0 Å². The second-order valence-electron chi connectivity index (χ2n) is 5.57. The average molecular weight is 247 g/mol. The lowest BCUT2D eigenvalue weighted by Crippen LogP contribution is -2.31. The summed E-state index contributed by atoms with van der Waals surface area (Å²) in [5, 5.41) is 3.65. The molecule has 0 radical (unpaired) electrons. The van der Waals surface area contributed by atoms with Crippen molar-refractivity contribution in [1.82, 2.24) is 5.32 Å². The second-order valence-corrected chi connectivity index (χ2v) is 5.57. The quantitative estimate of drug-likeness (QED) is 0.880. The topological polar surface area (TPSA) is 21.3 Å². The third-order valence-electron chi connectivity index (χ3n) is 3.86. The SMILES string of the molecule is Cc1ccc(C(C)NCC2CCCOC2)c(C)c1. The van der Waals surface area contributed by atoms with Gasteiger partial charge in [0.05, 0.1) is 6.61 Å². The lowest BCUT2D eigenvalue weighted by atomic mass is 9.98. The maximum absolute atomic E-state index is 5.52. The van der Waals surface area contributed by atoms with Crippen molar-refractivity contribution in [2.45, 2.75) is 39.7 Å². The molecule has 0 saturated carbocycles. The minimum atomic E-state index is 0.424. The molecule has 1 aromatic carbocycles. The van der Waals surface area contributed by atoms with E-state index in [1.165, 1.54) is 29.5 Å². The number of benzene rings is 1. The molecule has 1 fully saturated rings. The molecule has 1 N–H and O–H groups in total. The van der Waals surface area contributed by atoms with Crippen LogP contribution in [0.2, 0.25) is 0 Å². The van der Waals surface area contributed by atoms with Crippen LogP contribution in [0.5, 0.6) is 0 Å². The average Bonchev–Trinajstić information content (AvgIpc) is 2.37. The van der Waals surface area contributed by atoms with E-state index >= 15 is 0 Å². The highest BCUT2D eigenvalue weighted by Gasteiger charge is 2.15. The van der Waals surface area contributed by atoms with E-state index in [4.69, 9.17) is 4.74 Å². The Kier molecular flexibility index (Phi) is 4.79. The Hall–Kier alpha value is -0.860. The lowest BCUT2D eigenvalue weighted by molar-refractivity contribution is 0.0540. The highest BCUT2D eigenvalue weighted by atomic mass is 16.5. The van der Waals surface area contributed by atoms with Crippen molar-refractivity contribution in [3.05, 3.63) is 34.9 Å². The molecule has 0 amide bonds. The van der Waals surface area contributed by atoms with Crippen molar-refractivity contribution in [3.8, 4) is 0 Å². The first-order valence-corrected chi connectivity index (χ1v) is 7.05. The number of ether oxygens (including phenoxy) is 1. The number of hydrogen-bond donors (Lipinski definition) is 1. The molecule has 1 heterocycles. The Morgan fingerprint density at radius 2 is 2.22 bits per heavy atom. The van der Waals surface area contributed by atoms with Gasteiger partial charge in [0.1, 0.15) is 0 Å². The third kappa shape index (κ3) is 3.56. The normalized spacial score (nSPS) is 21.8. The Morgan fingerprint density at radius 3 is 2.89 bits per heavy atom. The summed E-state index contributed by atoms with van der Waals surface area (Å²) in [6.45, 7) is 9.53. The molecule has 0 aliphatic carbocycles. The van der Waals surface area contributed by atoms with Crippen LogP contribution < -0.4 is 5.32 Å². The molecule has 1 aliphatic rings. The van der Waals surface area contributed by atoms with Gasteiger partial charge < -0.3 is 10.1 Å². The van der Waals surface area contributed by atoms with Crippen molar-refractivity contribution >= 4 is 0 Å². The Balaban J connectivity index is 1.88. The largest absolute Gasteiger partial charge is 0.381 e. The van der Waals surface area contributed by atoms with Gasteiger partial charge in [-0.1, -0.05) is 23.8 Å². The first-order chi connectivity index (χ1) is 8.66. The van der Waals surface area contributed by atoms with Crippen LogP contribution in [-0.4, -0.2) is 19.8 Å². The zero-order valence-corrected chi connectivity index (χ0v) is 11.8. The van der Waals surface area contributed by atoms with Crippen molar-refractivity contribution in [2.75, 3.05) is 19.8 Å². The minimum Gasteiger partial charge on any atom is -0.381 e. The highest BCUT2D eigenvalue weighted by Crippen LogP contribution is 2.20. The first kappa shape index (κ1) is 13.6. The fourth-order valence-corrected chi connectivity index (χ4v) is 2.73. The van der Waals surface area contributed by atoms with E-state index in [0.29, 0.717) is 12.0 Å². The van der Waals surface area contributed by atoms with Gasteiger partial charge in [0, 0.05) is 19.2 Å². The molecule has 2 heteroatoms. The molecule has 2 atom stereocenters. The van der Waals surface area contributed by atoms with E-state index in [1.807, 2.05) is 0 Å². The van der Waals surface area contributed by atoms with Gasteiger partial charge >= 0.3 is 0 Å². The molecule has 2 rings (SSSR count). The molecular weight excluding hydrogens is 222 g/mol. The Bertz CT molecular complexity index is 383. The van der Waals surface area contributed by atoms with Gasteiger partial charge in [-0.15, -0.1) is 0 Å². The molecule has 2 nitrogen and oxygen atoms in total. The van der Waals surface area contributed by atoms with Gasteiger partial charge in [0.15, 0.2) is 0 Å². The minimum absolute atomic E-state index is 0.424. The number of rotatable bonds is 4. The van der Waals surface area contributed by atoms with E-state index in [1.54, 1.807) is 0 Å². The van der Waals surface area contributed by atoms with Crippen LogP contribution in [0, 0.1) is 19.8 Å². The van der Waals surface area contributed by atoms with Gasteiger partial charge in [-0.05, 0) is 50.7 Å². The van der Waals surface area contributed by atoms with E-state index in [0.717, 1.165) is 19.8 Å². The smallest absolute Gasteiger partial charge is 0.0506 e. The van der Waals surface area contributed by atoms with E-state index in [2.05, 4.69) is 44.3 Å². The van der Waals surface area contributed by atoms with Crippen molar-refractivity contribution in [3.63, 3.8) is 0 Å². The van der Waals surface area contributed by atoms with Crippen LogP contribution in [0.25, 0.3) is 0 Å². The van der Waals surface area contributed by atoms with Gasteiger partial charge in [0.25, 0.3) is 0 Å². The van der Waals surface area contributed by atoms with E-state index < -0.39 is 0 Å². The van der Waals surface area contributed by atoms with E-state index in [-0.39, 0.29) is 0 Å². The molecular formula is C16H25NO. The third-order valence-corrected chi connectivity index (χ3v) is 3.86. The molecule has 0 spiro atoms. The Labute approximate surface area is 111 Å². The summed E-state index contributed by atoms with van der Waals surface area (Å²) in [5.41, 5.74) is 4.14. The van der Waals surface area contributed by atoms with Gasteiger partial charge in [-0.3, -0.25) is 0 Å². The van der Waals surface area contributed by atoms with Crippen LogP contribution in [0.1, 0.15) is 42.5 Å². The summed E-state index contributed by atoms with van der Waals surface area (Å²) in [7, 11) is 0. The zero-order chi connectivity index (χ0) is 13.0. The van der Waals surface area contributed by atoms with Gasteiger partial charge in [-0.2, -0.15) is 0 Å². The molecule has 0 aromatic heterocycles. The van der Waals surface area contributed by atoms with Crippen molar-refractivity contribution < 1.29 is 4.74 Å². The molecule has 2 unspecified atom stereocenters. The Morgan fingerprint density at radius 1 is 1.39 bits per heavy atom. The van der Waals surface area contributed by atoms with Crippen LogP contribution in [0.3, 0.4) is 0 Å². The van der Waals surface area contributed by atoms with Crippen molar-refractivity contribution in [1.29, 1.82) is 0 Å². The summed E-state index contributed by atoms with van der Waals surface area (Å²) in [4.78, 5) is 0. The number of nitrogens with one attached hydrogen (secondary N) is 1. The second kappa shape index (κ2) is 6.35. The summed E-state index contributed by atoms with van der Waals surface area (Å²) in [6, 6.07) is 7.13. The molecule has 100 valence electrons. The summed E-state index contributed by atoms with van der Waals surface area (Å²) in [6.07, 6.45) is 2.51. The maximum Gasteiger partial charge on any atom is 0.0506 e. The molecule has 1 aromatic rings. The maximum atomic E-state index is 5.52. The first-order valence-electron chi connectivity index (χ1n) is 7.05. The molecule has 1 aliphatic heterocycles. The summed E-state index contributed by atoms with van der Waals surface area (Å²) >= 11 is 0. The summed E-state index contributed by atoms with van der Waals surface area (Å²) < 4.78 is 5.52. The highest BCUT2D eigenvalue weighted by molar-refractivity contribution is 5.32. The molecule has 0 bridgehead atoms. The summed E-state index contributed by atoms with van der Waals surface area (Å²) in [5.74, 6) is 0.687. The number of hydrogen-bond acceptors (Lipinski definition) is 2. The fourth-order valence-electron chi connectivity index (χ4n) is 2.73. The van der Waals surface area contributed by atoms with Crippen LogP contribution in [-0.2, 0) is 4.74 Å². The van der Waals surface area contributed by atoms with Crippen molar-refractivity contribution in [2.24, 2.45) is 5.92 Å². The van der Waals surface area contributed by atoms with Crippen LogP contribution >= 0.6 is 0 Å². The molecule has 18 heavy (non-hydrogen) atoms. The monoisotopic (exact) mass is 247 g/mol. The predicted molar refractivity (Wildman–Crippen MR) is 75.9 cm³/mol. The predicted octanol–water partition coefficient (Wildman–Crippen LogP) is 3.38. The zero-order valence-electron chi connectivity index (χ0n) is 11.8. The lowest BCUT2D eigenvalue weighted by Gasteiger charge is -2.25.